The Balaban J connectivity index is 0.00000168. The first-order valence-electron chi connectivity index (χ1n) is 10.1. The van der Waals surface area contributed by atoms with Gasteiger partial charge in [-0.1, -0.05) is 30.7 Å². The van der Waals surface area contributed by atoms with Gasteiger partial charge in [-0.05, 0) is 43.7 Å². The number of nitrogens with zero attached hydrogens (tertiary/aromatic N) is 2. The summed E-state index contributed by atoms with van der Waals surface area (Å²) in [6.45, 7) is 5.97. The molecule has 142 valence electrons. The van der Waals surface area contributed by atoms with E-state index < -0.39 is 0 Å². The van der Waals surface area contributed by atoms with E-state index >= 15 is 0 Å². The van der Waals surface area contributed by atoms with Crippen molar-refractivity contribution in [2.75, 3.05) is 19.7 Å². The van der Waals surface area contributed by atoms with E-state index in [1.165, 1.54) is 36.8 Å². The Hall–Kier alpha value is -0.820. The number of guanidine groups is 1. The third-order valence-corrected chi connectivity index (χ3v) is 7.06. The predicted octanol–water partition coefficient (Wildman–Crippen LogP) is 3.59. The van der Waals surface area contributed by atoms with Gasteiger partial charge in [-0.25, -0.2) is 0 Å². The highest BCUT2D eigenvalue weighted by atomic mass is 127. The fourth-order valence-electron chi connectivity index (χ4n) is 5.66. The van der Waals surface area contributed by atoms with E-state index in [-0.39, 0.29) is 24.0 Å². The van der Waals surface area contributed by atoms with Crippen LogP contribution in [0.2, 0.25) is 0 Å². The van der Waals surface area contributed by atoms with Crippen LogP contribution >= 0.6 is 24.0 Å². The number of benzene rings is 1. The zero-order chi connectivity index (χ0) is 16.9. The second-order valence-electron chi connectivity index (χ2n) is 8.19. The van der Waals surface area contributed by atoms with Crippen LogP contribution in [-0.4, -0.2) is 42.7 Å². The van der Waals surface area contributed by atoms with Gasteiger partial charge in [-0.15, -0.1) is 24.0 Å². The lowest BCUT2D eigenvalue weighted by Crippen LogP contribution is -2.72. The van der Waals surface area contributed by atoms with Gasteiger partial charge in [0, 0.05) is 43.6 Å². The quantitative estimate of drug-likeness (QED) is 0.411. The van der Waals surface area contributed by atoms with Gasteiger partial charge in [0.1, 0.15) is 0 Å². The number of hydrogen-bond acceptors (Lipinski definition) is 2. The molecule has 1 aromatic carbocycles. The summed E-state index contributed by atoms with van der Waals surface area (Å²) in [5, 5.41) is 3.92. The van der Waals surface area contributed by atoms with Crippen LogP contribution in [0.4, 0.5) is 0 Å². The van der Waals surface area contributed by atoms with Gasteiger partial charge in [-0.3, -0.25) is 4.99 Å². The number of rotatable bonds is 2. The first-order chi connectivity index (χ1) is 12.3. The minimum absolute atomic E-state index is 0. The number of ether oxygens (including phenoxy) is 1. The SMILES string of the molecule is CCN=C(NC1C2CCOC2C12CCC2)N1CCc2ccccc2C1.I. The second kappa shape index (κ2) is 7.30. The molecule has 0 amide bonds. The van der Waals surface area contributed by atoms with Crippen LogP contribution < -0.4 is 5.32 Å². The molecule has 1 spiro atoms. The topological polar surface area (TPSA) is 36.9 Å². The van der Waals surface area contributed by atoms with Crippen LogP contribution in [0.15, 0.2) is 29.3 Å². The molecule has 26 heavy (non-hydrogen) atoms. The molecule has 2 heterocycles. The molecule has 0 bridgehead atoms. The standard InChI is InChI=1S/C21H29N3O.HI/c1-2-22-20(24-12-8-15-6-3-4-7-16(15)14-24)23-18-17-9-13-25-19(17)21(18)10-5-11-21;/h3-4,6-7,17-19H,2,5,8-14H2,1H3,(H,22,23);1H. The molecule has 1 N–H and O–H groups in total. The Morgan fingerprint density at radius 2 is 2.12 bits per heavy atom. The number of fused-ring (bicyclic) bond motifs is 3. The van der Waals surface area contributed by atoms with Crippen molar-refractivity contribution >= 4 is 29.9 Å². The van der Waals surface area contributed by atoms with Crippen molar-refractivity contribution in [3.05, 3.63) is 35.4 Å². The van der Waals surface area contributed by atoms with Gasteiger partial charge < -0.3 is 15.0 Å². The molecular formula is C21H30IN3O. The number of nitrogens with one attached hydrogen (secondary N) is 1. The summed E-state index contributed by atoms with van der Waals surface area (Å²) >= 11 is 0. The van der Waals surface area contributed by atoms with E-state index in [4.69, 9.17) is 9.73 Å². The molecule has 2 saturated carbocycles. The summed E-state index contributed by atoms with van der Waals surface area (Å²) in [5.74, 6) is 1.82. The Morgan fingerprint density at radius 3 is 2.85 bits per heavy atom. The third-order valence-electron chi connectivity index (χ3n) is 7.06. The van der Waals surface area contributed by atoms with Crippen molar-refractivity contribution in [1.29, 1.82) is 0 Å². The Morgan fingerprint density at radius 1 is 1.31 bits per heavy atom. The van der Waals surface area contributed by atoms with Crippen LogP contribution in [0, 0.1) is 11.3 Å². The van der Waals surface area contributed by atoms with Gasteiger partial charge in [0.2, 0.25) is 0 Å². The van der Waals surface area contributed by atoms with Gasteiger partial charge >= 0.3 is 0 Å². The highest BCUT2D eigenvalue weighted by Crippen LogP contribution is 2.62. The summed E-state index contributed by atoms with van der Waals surface area (Å²) in [6, 6.07) is 9.41. The molecule has 2 aliphatic heterocycles. The van der Waals surface area contributed by atoms with Crippen LogP contribution in [0.1, 0.15) is 43.7 Å². The lowest BCUT2D eigenvalue weighted by molar-refractivity contribution is -0.171. The Kier molecular flexibility index (Phi) is 5.21. The summed E-state index contributed by atoms with van der Waals surface area (Å²) < 4.78 is 6.08. The largest absolute Gasteiger partial charge is 0.377 e. The maximum Gasteiger partial charge on any atom is 0.194 e. The zero-order valence-electron chi connectivity index (χ0n) is 15.6. The minimum Gasteiger partial charge on any atom is -0.377 e. The molecule has 1 aromatic rings. The van der Waals surface area contributed by atoms with Gasteiger partial charge in [0.25, 0.3) is 0 Å². The first kappa shape index (κ1) is 18.5. The van der Waals surface area contributed by atoms with E-state index in [1.807, 2.05) is 0 Å². The zero-order valence-corrected chi connectivity index (χ0v) is 17.9. The Bertz CT molecular complexity index is 688. The molecule has 2 aliphatic carbocycles. The third kappa shape index (κ3) is 2.77. The van der Waals surface area contributed by atoms with Gasteiger partial charge in [0.15, 0.2) is 5.96 Å². The fraction of sp³-hybridized carbons (Fsp3) is 0.667. The summed E-state index contributed by atoms with van der Waals surface area (Å²) in [7, 11) is 0. The highest BCUT2D eigenvalue weighted by molar-refractivity contribution is 14.0. The molecular weight excluding hydrogens is 437 g/mol. The number of halogens is 1. The smallest absolute Gasteiger partial charge is 0.194 e. The fourth-order valence-corrected chi connectivity index (χ4v) is 5.66. The van der Waals surface area contributed by atoms with Crippen molar-refractivity contribution in [3.63, 3.8) is 0 Å². The summed E-state index contributed by atoms with van der Waals surface area (Å²) in [6.07, 6.45) is 6.87. The average Bonchev–Trinajstić information content (AvgIpc) is 3.02. The molecule has 0 radical (unpaired) electrons. The molecule has 3 fully saturated rings. The average molecular weight is 467 g/mol. The normalized spacial score (nSPS) is 31.3. The van der Waals surface area contributed by atoms with E-state index in [0.29, 0.717) is 23.5 Å². The highest BCUT2D eigenvalue weighted by Gasteiger charge is 2.66. The lowest BCUT2D eigenvalue weighted by Gasteiger charge is -2.63. The molecule has 5 rings (SSSR count). The maximum atomic E-state index is 6.08. The molecule has 4 aliphatic rings. The van der Waals surface area contributed by atoms with Crippen molar-refractivity contribution in [2.45, 2.75) is 57.7 Å². The van der Waals surface area contributed by atoms with E-state index in [0.717, 1.165) is 38.6 Å². The second-order valence-corrected chi connectivity index (χ2v) is 8.19. The maximum absolute atomic E-state index is 6.08. The molecule has 3 unspecified atom stereocenters. The Labute approximate surface area is 173 Å². The van der Waals surface area contributed by atoms with Crippen LogP contribution in [-0.2, 0) is 17.7 Å². The first-order valence-corrected chi connectivity index (χ1v) is 10.1. The van der Waals surface area contributed by atoms with Gasteiger partial charge in [0.05, 0.1) is 6.10 Å². The van der Waals surface area contributed by atoms with Crippen molar-refractivity contribution in [2.24, 2.45) is 16.3 Å². The number of hydrogen-bond donors (Lipinski definition) is 1. The summed E-state index contributed by atoms with van der Waals surface area (Å²) in [4.78, 5) is 7.33. The van der Waals surface area contributed by atoms with Crippen molar-refractivity contribution in [3.8, 4) is 0 Å². The molecule has 0 aromatic heterocycles. The van der Waals surface area contributed by atoms with E-state index in [2.05, 4.69) is 41.4 Å². The molecule has 5 heteroatoms. The minimum atomic E-state index is 0. The molecule has 1 saturated heterocycles. The summed E-state index contributed by atoms with van der Waals surface area (Å²) in [5.41, 5.74) is 3.36. The number of aliphatic imine (C=N–C) groups is 1. The van der Waals surface area contributed by atoms with Crippen molar-refractivity contribution < 1.29 is 4.74 Å². The van der Waals surface area contributed by atoms with E-state index in [1.54, 1.807) is 0 Å². The van der Waals surface area contributed by atoms with Crippen molar-refractivity contribution in [1.82, 2.24) is 10.2 Å². The van der Waals surface area contributed by atoms with Crippen LogP contribution in [0.5, 0.6) is 0 Å². The molecule has 3 atom stereocenters. The van der Waals surface area contributed by atoms with Gasteiger partial charge in [-0.2, -0.15) is 0 Å². The monoisotopic (exact) mass is 467 g/mol. The van der Waals surface area contributed by atoms with Crippen LogP contribution in [0.3, 0.4) is 0 Å². The lowest BCUT2D eigenvalue weighted by atomic mass is 9.46. The molecule has 4 nitrogen and oxygen atoms in total. The predicted molar refractivity (Wildman–Crippen MR) is 115 cm³/mol. The van der Waals surface area contributed by atoms with E-state index in [9.17, 15) is 0 Å². The van der Waals surface area contributed by atoms with Crippen LogP contribution in [0.25, 0.3) is 0 Å².